The van der Waals surface area contributed by atoms with Crippen LogP contribution >= 0.6 is 0 Å². The molecule has 0 spiro atoms. The molecule has 1 saturated carbocycles. The summed E-state index contributed by atoms with van der Waals surface area (Å²) >= 11 is 0. The molecule has 0 heterocycles. The minimum Gasteiger partial charge on any atom is -0.380 e. The van der Waals surface area contributed by atoms with E-state index in [0.717, 1.165) is 18.4 Å². The summed E-state index contributed by atoms with van der Waals surface area (Å²) in [5.41, 5.74) is 2.61. The second kappa shape index (κ2) is 7.06. The lowest BCUT2D eigenvalue weighted by Gasteiger charge is -2.34. The second-order valence-electron chi connectivity index (χ2n) is 6.00. The molecule has 0 bridgehead atoms. The number of hydrogen-bond acceptors (Lipinski definition) is 2. The molecule has 3 atom stereocenters. The SMILES string of the molecule is COCc1ccc(CNC2CCCC(C)C2C)cc1. The van der Waals surface area contributed by atoms with Gasteiger partial charge in [0.2, 0.25) is 0 Å². The van der Waals surface area contributed by atoms with E-state index in [1.165, 1.54) is 30.4 Å². The maximum atomic E-state index is 5.13. The van der Waals surface area contributed by atoms with Gasteiger partial charge in [-0.15, -0.1) is 0 Å². The molecule has 0 amide bonds. The fraction of sp³-hybridized carbons (Fsp3) is 0.647. The monoisotopic (exact) mass is 261 g/mol. The lowest BCUT2D eigenvalue weighted by atomic mass is 9.78. The Morgan fingerprint density at radius 1 is 1.11 bits per heavy atom. The zero-order valence-electron chi connectivity index (χ0n) is 12.5. The Morgan fingerprint density at radius 3 is 2.47 bits per heavy atom. The molecule has 19 heavy (non-hydrogen) atoms. The van der Waals surface area contributed by atoms with Gasteiger partial charge in [-0.3, -0.25) is 0 Å². The fourth-order valence-corrected chi connectivity index (χ4v) is 3.04. The quantitative estimate of drug-likeness (QED) is 0.871. The van der Waals surface area contributed by atoms with Gasteiger partial charge in [-0.25, -0.2) is 0 Å². The van der Waals surface area contributed by atoms with Crippen molar-refractivity contribution >= 4 is 0 Å². The number of methoxy groups -OCH3 is 1. The van der Waals surface area contributed by atoms with Crippen molar-refractivity contribution in [3.63, 3.8) is 0 Å². The molecule has 3 unspecified atom stereocenters. The van der Waals surface area contributed by atoms with E-state index >= 15 is 0 Å². The molecular formula is C17H27NO. The van der Waals surface area contributed by atoms with E-state index in [-0.39, 0.29) is 0 Å². The van der Waals surface area contributed by atoms with Gasteiger partial charge in [0, 0.05) is 19.7 Å². The average molecular weight is 261 g/mol. The highest BCUT2D eigenvalue weighted by atomic mass is 16.5. The average Bonchev–Trinajstić information content (AvgIpc) is 2.42. The molecule has 0 aliphatic heterocycles. The Labute approximate surface area is 117 Å². The molecule has 1 aliphatic carbocycles. The van der Waals surface area contributed by atoms with E-state index in [1.54, 1.807) is 7.11 Å². The number of nitrogens with one attached hydrogen (secondary N) is 1. The summed E-state index contributed by atoms with van der Waals surface area (Å²) in [6.45, 7) is 6.46. The molecular weight excluding hydrogens is 234 g/mol. The third-order valence-corrected chi connectivity index (χ3v) is 4.61. The summed E-state index contributed by atoms with van der Waals surface area (Å²) in [5, 5.41) is 3.74. The van der Waals surface area contributed by atoms with Crippen molar-refractivity contribution in [2.75, 3.05) is 7.11 Å². The molecule has 0 saturated heterocycles. The van der Waals surface area contributed by atoms with Crippen LogP contribution in [0.5, 0.6) is 0 Å². The van der Waals surface area contributed by atoms with E-state index in [2.05, 4.69) is 43.4 Å². The van der Waals surface area contributed by atoms with Gasteiger partial charge in [-0.1, -0.05) is 51.0 Å². The smallest absolute Gasteiger partial charge is 0.0713 e. The van der Waals surface area contributed by atoms with Crippen molar-refractivity contribution in [1.29, 1.82) is 0 Å². The molecule has 1 aliphatic rings. The molecule has 2 heteroatoms. The highest BCUT2D eigenvalue weighted by molar-refractivity contribution is 5.22. The minimum atomic E-state index is 0.683. The van der Waals surface area contributed by atoms with E-state index < -0.39 is 0 Å². The highest BCUT2D eigenvalue weighted by Crippen LogP contribution is 2.29. The second-order valence-corrected chi connectivity index (χ2v) is 6.00. The van der Waals surface area contributed by atoms with Crippen LogP contribution in [0.15, 0.2) is 24.3 Å². The number of benzene rings is 1. The van der Waals surface area contributed by atoms with Crippen molar-refractivity contribution in [2.24, 2.45) is 11.8 Å². The predicted octanol–water partition coefficient (Wildman–Crippen LogP) is 3.75. The Kier molecular flexibility index (Phi) is 5.41. The summed E-state index contributed by atoms with van der Waals surface area (Å²) in [5.74, 6) is 1.65. The van der Waals surface area contributed by atoms with E-state index in [4.69, 9.17) is 4.74 Å². The third-order valence-electron chi connectivity index (χ3n) is 4.61. The van der Waals surface area contributed by atoms with Crippen molar-refractivity contribution in [3.05, 3.63) is 35.4 Å². The minimum absolute atomic E-state index is 0.683. The molecule has 1 N–H and O–H groups in total. The van der Waals surface area contributed by atoms with Crippen LogP contribution in [0.25, 0.3) is 0 Å². The fourth-order valence-electron chi connectivity index (χ4n) is 3.04. The maximum Gasteiger partial charge on any atom is 0.0713 e. The molecule has 2 nitrogen and oxygen atoms in total. The zero-order chi connectivity index (χ0) is 13.7. The van der Waals surface area contributed by atoms with Crippen molar-refractivity contribution in [3.8, 4) is 0 Å². The number of ether oxygens (including phenoxy) is 1. The predicted molar refractivity (Wildman–Crippen MR) is 80.0 cm³/mol. The lowest BCUT2D eigenvalue weighted by molar-refractivity contribution is 0.185. The van der Waals surface area contributed by atoms with Gasteiger partial charge in [0.1, 0.15) is 0 Å². The topological polar surface area (TPSA) is 21.3 Å². The largest absolute Gasteiger partial charge is 0.380 e. The van der Waals surface area contributed by atoms with Crippen LogP contribution in [0, 0.1) is 11.8 Å². The van der Waals surface area contributed by atoms with Crippen LogP contribution in [0.3, 0.4) is 0 Å². The number of rotatable bonds is 5. The Morgan fingerprint density at radius 2 is 1.79 bits per heavy atom. The normalized spacial score (nSPS) is 27.4. The first kappa shape index (κ1) is 14.5. The summed E-state index contributed by atoms with van der Waals surface area (Å²) in [4.78, 5) is 0. The van der Waals surface area contributed by atoms with Gasteiger partial charge < -0.3 is 10.1 Å². The Balaban J connectivity index is 1.84. The first-order valence-electron chi connectivity index (χ1n) is 7.51. The molecule has 0 aromatic heterocycles. The van der Waals surface area contributed by atoms with Crippen LogP contribution < -0.4 is 5.32 Å². The highest BCUT2D eigenvalue weighted by Gasteiger charge is 2.26. The molecule has 1 fully saturated rings. The van der Waals surface area contributed by atoms with Crippen LogP contribution in [-0.2, 0) is 17.9 Å². The van der Waals surface area contributed by atoms with Crippen LogP contribution in [0.2, 0.25) is 0 Å². The van der Waals surface area contributed by atoms with Crippen LogP contribution in [-0.4, -0.2) is 13.2 Å². The Bertz CT molecular complexity index is 373. The molecule has 1 aromatic rings. The number of hydrogen-bond donors (Lipinski definition) is 1. The molecule has 1 aromatic carbocycles. The summed E-state index contributed by atoms with van der Waals surface area (Å²) < 4.78 is 5.13. The van der Waals surface area contributed by atoms with Crippen LogP contribution in [0.4, 0.5) is 0 Å². The van der Waals surface area contributed by atoms with Gasteiger partial charge in [-0.2, -0.15) is 0 Å². The summed E-state index contributed by atoms with van der Waals surface area (Å²) in [6.07, 6.45) is 4.09. The first-order valence-corrected chi connectivity index (χ1v) is 7.51. The van der Waals surface area contributed by atoms with Crippen molar-refractivity contribution in [2.45, 2.75) is 52.3 Å². The van der Waals surface area contributed by atoms with E-state index in [1.807, 2.05) is 0 Å². The summed E-state index contributed by atoms with van der Waals surface area (Å²) in [7, 11) is 1.74. The van der Waals surface area contributed by atoms with Gasteiger partial charge in [0.15, 0.2) is 0 Å². The van der Waals surface area contributed by atoms with Gasteiger partial charge >= 0.3 is 0 Å². The Hall–Kier alpha value is -0.860. The molecule has 0 radical (unpaired) electrons. The van der Waals surface area contributed by atoms with E-state index in [9.17, 15) is 0 Å². The zero-order valence-corrected chi connectivity index (χ0v) is 12.5. The molecule has 106 valence electrons. The van der Waals surface area contributed by atoms with Crippen molar-refractivity contribution < 1.29 is 4.74 Å². The van der Waals surface area contributed by atoms with Crippen LogP contribution in [0.1, 0.15) is 44.2 Å². The molecule has 2 rings (SSSR count). The van der Waals surface area contributed by atoms with Crippen molar-refractivity contribution in [1.82, 2.24) is 5.32 Å². The third kappa shape index (κ3) is 4.05. The van der Waals surface area contributed by atoms with Gasteiger partial charge in [-0.05, 0) is 29.4 Å². The summed E-state index contributed by atoms with van der Waals surface area (Å²) in [6, 6.07) is 9.42. The van der Waals surface area contributed by atoms with Gasteiger partial charge in [0.25, 0.3) is 0 Å². The van der Waals surface area contributed by atoms with E-state index in [0.29, 0.717) is 12.6 Å². The van der Waals surface area contributed by atoms with Gasteiger partial charge in [0.05, 0.1) is 6.61 Å². The maximum absolute atomic E-state index is 5.13. The first-order chi connectivity index (χ1) is 9.20. The lowest BCUT2D eigenvalue weighted by Crippen LogP contribution is -2.40. The standard InChI is InChI=1S/C17H27NO/c1-13-5-4-6-17(14(13)2)18-11-15-7-9-16(10-8-15)12-19-3/h7-10,13-14,17-18H,4-6,11-12H2,1-3H3.